The number of aryl methyl sites for hydroxylation is 2. The third kappa shape index (κ3) is 16.7. The zero-order valence-corrected chi connectivity index (χ0v) is 26.6. The number of anilines is 1. The van der Waals surface area contributed by atoms with E-state index >= 15 is 0 Å². The third-order valence-electron chi connectivity index (χ3n) is 7.93. The maximum Gasteiger partial charge on any atom is 0.248 e. The molecule has 0 heterocycles. The van der Waals surface area contributed by atoms with Gasteiger partial charge < -0.3 is 16.4 Å². The number of rotatable bonds is 24. The molecule has 0 aliphatic heterocycles. The second-order valence-corrected chi connectivity index (χ2v) is 11.7. The van der Waals surface area contributed by atoms with Gasteiger partial charge in [0.2, 0.25) is 17.7 Å². The molecule has 0 aromatic heterocycles. The fourth-order valence-corrected chi connectivity index (χ4v) is 5.17. The Balaban J connectivity index is 1.45. The van der Waals surface area contributed by atoms with E-state index in [0.29, 0.717) is 25.0 Å². The fraction of sp³-hybridized carbons (Fsp3) is 0.541. The molecule has 6 heteroatoms. The predicted molar refractivity (Wildman–Crippen MR) is 180 cm³/mol. The molecule has 0 saturated carbocycles. The summed E-state index contributed by atoms with van der Waals surface area (Å²) >= 11 is 0. The van der Waals surface area contributed by atoms with Gasteiger partial charge in [-0.2, -0.15) is 0 Å². The van der Waals surface area contributed by atoms with E-state index in [1.165, 1.54) is 69.8 Å². The first-order valence-corrected chi connectivity index (χ1v) is 16.6. The molecule has 2 aromatic carbocycles. The van der Waals surface area contributed by atoms with Gasteiger partial charge in [-0.15, -0.1) is 0 Å². The highest BCUT2D eigenvalue weighted by Gasteiger charge is 2.07. The highest BCUT2D eigenvalue weighted by atomic mass is 16.2. The Labute approximate surface area is 260 Å². The lowest BCUT2D eigenvalue weighted by atomic mass is 10.0. The van der Waals surface area contributed by atoms with Crippen molar-refractivity contribution in [2.24, 2.45) is 5.73 Å². The highest BCUT2D eigenvalue weighted by molar-refractivity contribution is 6.17. The summed E-state index contributed by atoms with van der Waals surface area (Å²) in [7, 11) is 0. The van der Waals surface area contributed by atoms with Crippen LogP contribution in [-0.2, 0) is 27.2 Å². The van der Waals surface area contributed by atoms with Crippen LogP contribution in [0.3, 0.4) is 0 Å². The molecule has 0 saturated heterocycles. The molecule has 2 rings (SSSR count). The third-order valence-corrected chi connectivity index (χ3v) is 7.93. The van der Waals surface area contributed by atoms with Crippen LogP contribution in [0.25, 0.3) is 5.57 Å². The van der Waals surface area contributed by atoms with Crippen LogP contribution in [0.4, 0.5) is 5.69 Å². The van der Waals surface area contributed by atoms with Crippen molar-refractivity contribution in [2.75, 3.05) is 11.9 Å². The Morgan fingerprint density at radius 2 is 1.14 bits per heavy atom. The smallest absolute Gasteiger partial charge is 0.248 e. The van der Waals surface area contributed by atoms with Crippen LogP contribution in [0.2, 0.25) is 0 Å². The van der Waals surface area contributed by atoms with E-state index in [2.05, 4.69) is 36.3 Å². The first kappa shape index (κ1) is 35.8. The average molecular weight is 590 g/mol. The SMILES string of the molecule is C=C(C(N)=O)c1ccc(CCCC(=O)NCCCCCC(=O)Nc2ccc(CCCCCCCCCCCC)cc2)cc1. The molecule has 0 bridgehead atoms. The summed E-state index contributed by atoms with van der Waals surface area (Å²) in [5.41, 5.74) is 9.58. The van der Waals surface area contributed by atoms with E-state index in [1.54, 1.807) is 0 Å². The standard InChI is InChI=1S/C37H55N3O3/c1-3-4-5-6-7-8-9-10-11-13-17-31-23-27-34(28-24-31)40-36(42)19-14-12-15-29-39-35(41)20-16-18-32-21-25-33(26-22-32)30(2)37(38)43/h21-28H,2-20,29H2,1H3,(H2,38,43)(H,39,41)(H,40,42). The quantitative estimate of drug-likeness (QED) is 0.0848. The monoisotopic (exact) mass is 589 g/mol. The topological polar surface area (TPSA) is 101 Å². The molecule has 0 spiro atoms. The van der Waals surface area contributed by atoms with E-state index in [9.17, 15) is 14.4 Å². The Morgan fingerprint density at radius 3 is 1.74 bits per heavy atom. The van der Waals surface area contributed by atoms with Crippen LogP contribution in [-0.4, -0.2) is 24.3 Å². The van der Waals surface area contributed by atoms with Gasteiger partial charge in [0.25, 0.3) is 0 Å². The van der Waals surface area contributed by atoms with Crippen molar-refractivity contribution in [3.63, 3.8) is 0 Å². The molecule has 0 fully saturated rings. The molecule has 0 unspecified atom stereocenters. The molecule has 236 valence electrons. The minimum atomic E-state index is -0.525. The number of primary amides is 1. The Hall–Kier alpha value is -3.41. The number of carbonyl (C=O) groups is 3. The Kier molecular flexibility index (Phi) is 18.5. The molecular formula is C37H55N3O3. The van der Waals surface area contributed by atoms with Crippen LogP contribution in [0.5, 0.6) is 0 Å². The molecule has 6 nitrogen and oxygen atoms in total. The molecule has 0 aliphatic carbocycles. The Bertz CT molecular complexity index is 1090. The van der Waals surface area contributed by atoms with Crippen molar-refractivity contribution in [1.82, 2.24) is 5.32 Å². The molecule has 43 heavy (non-hydrogen) atoms. The lowest BCUT2D eigenvalue weighted by molar-refractivity contribution is -0.121. The fourth-order valence-electron chi connectivity index (χ4n) is 5.17. The number of benzene rings is 2. The van der Waals surface area contributed by atoms with Gasteiger partial charge in [-0.1, -0.05) is 114 Å². The van der Waals surface area contributed by atoms with Gasteiger partial charge in [0.15, 0.2) is 0 Å². The number of hydrogen-bond acceptors (Lipinski definition) is 3. The second kappa shape index (κ2) is 22.2. The summed E-state index contributed by atoms with van der Waals surface area (Å²) < 4.78 is 0. The predicted octanol–water partition coefficient (Wildman–Crippen LogP) is 8.29. The number of hydrogen-bond donors (Lipinski definition) is 3. The van der Waals surface area contributed by atoms with Crippen LogP contribution in [0.15, 0.2) is 55.1 Å². The maximum atomic E-state index is 12.3. The minimum Gasteiger partial charge on any atom is -0.366 e. The molecule has 0 atom stereocenters. The van der Waals surface area contributed by atoms with E-state index in [4.69, 9.17) is 5.73 Å². The van der Waals surface area contributed by atoms with Crippen LogP contribution in [0.1, 0.15) is 126 Å². The van der Waals surface area contributed by atoms with Gasteiger partial charge >= 0.3 is 0 Å². The van der Waals surface area contributed by atoms with Crippen molar-refractivity contribution in [1.29, 1.82) is 0 Å². The number of unbranched alkanes of at least 4 members (excludes halogenated alkanes) is 11. The van der Waals surface area contributed by atoms with Crippen LogP contribution >= 0.6 is 0 Å². The lowest BCUT2D eigenvalue weighted by Crippen LogP contribution is -2.24. The summed E-state index contributed by atoms with van der Waals surface area (Å²) in [6.07, 6.45) is 19.7. The van der Waals surface area contributed by atoms with Gasteiger partial charge in [-0.05, 0) is 67.3 Å². The average Bonchev–Trinajstić information content (AvgIpc) is 3.00. The molecular weight excluding hydrogens is 534 g/mol. The summed E-state index contributed by atoms with van der Waals surface area (Å²) in [6, 6.07) is 15.8. The zero-order chi connectivity index (χ0) is 31.1. The van der Waals surface area contributed by atoms with Crippen molar-refractivity contribution in [3.05, 3.63) is 71.8 Å². The van der Waals surface area contributed by atoms with Gasteiger partial charge in [-0.3, -0.25) is 14.4 Å². The maximum absolute atomic E-state index is 12.3. The van der Waals surface area contributed by atoms with Crippen LogP contribution < -0.4 is 16.4 Å². The highest BCUT2D eigenvalue weighted by Crippen LogP contribution is 2.16. The largest absolute Gasteiger partial charge is 0.366 e. The minimum absolute atomic E-state index is 0.0402. The number of nitrogens with two attached hydrogens (primary N) is 1. The summed E-state index contributed by atoms with van der Waals surface area (Å²) in [4.78, 5) is 35.7. The molecule has 0 aliphatic rings. The molecule has 2 aromatic rings. The van der Waals surface area contributed by atoms with Gasteiger partial charge in [0, 0.05) is 30.6 Å². The van der Waals surface area contributed by atoms with Crippen molar-refractivity contribution < 1.29 is 14.4 Å². The summed E-state index contributed by atoms with van der Waals surface area (Å²) in [5.74, 6) is -0.436. The first-order chi connectivity index (χ1) is 20.9. The number of carbonyl (C=O) groups excluding carboxylic acids is 3. The van der Waals surface area contributed by atoms with E-state index in [-0.39, 0.29) is 11.8 Å². The van der Waals surface area contributed by atoms with Gasteiger partial charge in [-0.25, -0.2) is 0 Å². The first-order valence-electron chi connectivity index (χ1n) is 16.6. The summed E-state index contributed by atoms with van der Waals surface area (Å²) in [6.45, 7) is 6.58. The van der Waals surface area contributed by atoms with Crippen LogP contribution in [0, 0.1) is 0 Å². The van der Waals surface area contributed by atoms with Gasteiger partial charge in [0.1, 0.15) is 0 Å². The van der Waals surface area contributed by atoms with E-state index in [0.717, 1.165) is 55.3 Å². The molecule has 4 N–H and O–H groups in total. The van der Waals surface area contributed by atoms with Gasteiger partial charge in [0.05, 0.1) is 0 Å². The van der Waals surface area contributed by atoms with E-state index < -0.39 is 5.91 Å². The number of amides is 3. The number of nitrogens with one attached hydrogen (secondary N) is 2. The summed E-state index contributed by atoms with van der Waals surface area (Å²) in [5, 5.41) is 5.97. The molecule has 3 amide bonds. The normalized spacial score (nSPS) is 10.8. The van der Waals surface area contributed by atoms with E-state index in [1.807, 2.05) is 36.4 Å². The van der Waals surface area contributed by atoms with Crippen molar-refractivity contribution >= 4 is 29.0 Å². The van der Waals surface area contributed by atoms with Crippen molar-refractivity contribution in [2.45, 2.75) is 122 Å². The Morgan fingerprint density at radius 1 is 0.628 bits per heavy atom. The molecule has 0 radical (unpaired) electrons. The zero-order valence-electron chi connectivity index (χ0n) is 26.6. The second-order valence-electron chi connectivity index (χ2n) is 11.7. The van der Waals surface area contributed by atoms with Crippen molar-refractivity contribution in [3.8, 4) is 0 Å². The lowest BCUT2D eigenvalue weighted by Gasteiger charge is -2.08.